The molecule has 0 unspecified atom stereocenters. The fourth-order valence-corrected chi connectivity index (χ4v) is 2.80. The Bertz CT molecular complexity index is 444. The van der Waals surface area contributed by atoms with Crippen molar-refractivity contribution in [3.05, 3.63) is 35.9 Å². The van der Waals surface area contributed by atoms with Crippen LogP contribution in [0.2, 0.25) is 0 Å². The van der Waals surface area contributed by atoms with Crippen molar-refractivity contribution < 1.29 is 9.53 Å². The van der Waals surface area contributed by atoms with Crippen molar-refractivity contribution in [2.75, 3.05) is 13.1 Å². The maximum Gasteiger partial charge on any atom is 0.324 e. The van der Waals surface area contributed by atoms with Crippen LogP contribution in [0.3, 0.4) is 0 Å². The second-order valence-electron chi connectivity index (χ2n) is 6.84. The van der Waals surface area contributed by atoms with E-state index in [1.807, 2.05) is 39.0 Å². The Kier molecular flexibility index (Phi) is 5.40. The summed E-state index contributed by atoms with van der Waals surface area (Å²) < 4.78 is 5.64. The first kappa shape index (κ1) is 16.0. The smallest absolute Gasteiger partial charge is 0.324 e. The molecule has 0 amide bonds. The lowest BCUT2D eigenvalue weighted by atomic mass is 10.0. The first-order valence-corrected chi connectivity index (χ1v) is 7.96. The molecule has 3 nitrogen and oxygen atoms in total. The molecule has 0 radical (unpaired) electrons. The van der Waals surface area contributed by atoms with Crippen LogP contribution >= 0.6 is 0 Å². The number of piperidine rings is 1. The van der Waals surface area contributed by atoms with Gasteiger partial charge in [-0.1, -0.05) is 36.8 Å². The van der Waals surface area contributed by atoms with E-state index >= 15 is 0 Å². The van der Waals surface area contributed by atoms with Gasteiger partial charge < -0.3 is 4.74 Å². The molecule has 116 valence electrons. The molecule has 0 N–H and O–H groups in total. The predicted octanol–water partition coefficient (Wildman–Crippen LogP) is 3.43. The summed E-state index contributed by atoms with van der Waals surface area (Å²) in [5.74, 6) is -0.0896. The minimum absolute atomic E-state index is 0.0896. The Morgan fingerprint density at radius 2 is 1.76 bits per heavy atom. The van der Waals surface area contributed by atoms with E-state index in [9.17, 15) is 4.79 Å². The van der Waals surface area contributed by atoms with Gasteiger partial charge in [0, 0.05) is 0 Å². The highest BCUT2D eigenvalue weighted by Gasteiger charge is 2.31. The second-order valence-corrected chi connectivity index (χ2v) is 6.84. The Morgan fingerprint density at radius 3 is 2.33 bits per heavy atom. The fourth-order valence-electron chi connectivity index (χ4n) is 2.80. The first-order valence-electron chi connectivity index (χ1n) is 7.96. The molecule has 3 heteroatoms. The highest BCUT2D eigenvalue weighted by molar-refractivity contribution is 5.76. The van der Waals surface area contributed by atoms with Crippen LogP contribution in [0.25, 0.3) is 0 Å². The molecule has 1 atom stereocenters. The van der Waals surface area contributed by atoms with Gasteiger partial charge in [-0.2, -0.15) is 0 Å². The summed E-state index contributed by atoms with van der Waals surface area (Å²) in [7, 11) is 0. The summed E-state index contributed by atoms with van der Waals surface area (Å²) in [6.45, 7) is 7.79. The third kappa shape index (κ3) is 5.16. The van der Waals surface area contributed by atoms with Gasteiger partial charge in [-0.15, -0.1) is 0 Å². The van der Waals surface area contributed by atoms with Crippen LogP contribution in [0.15, 0.2) is 30.3 Å². The summed E-state index contributed by atoms with van der Waals surface area (Å²) in [5.41, 5.74) is 0.765. The normalized spacial score (nSPS) is 18.2. The topological polar surface area (TPSA) is 29.5 Å². The van der Waals surface area contributed by atoms with Crippen molar-refractivity contribution in [1.29, 1.82) is 0 Å². The highest BCUT2D eigenvalue weighted by atomic mass is 16.6. The molecule has 1 aliphatic heterocycles. The van der Waals surface area contributed by atoms with Gasteiger partial charge in [0.2, 0.25) is 0 Å². The minimum Gasteiger partial charge on any atom is -0.459 e. The van der Waals surface area contributed by atoms with Crippen LogP contribution in [0, 0.1) is 0 Å². The standard InChI is InChI=1S/C18H27NO2/c1-18(2,3)21-17(20)16(19-12-8-5-9-13-19)14-15-10-6-4-7-11-15/h4,6-7,10-11,16H,5,8-9,12-14H2,1-3H3/t16-/m0/s1. The summed E-state index contributed by atoms with van der Waals surface area (Å²) in [6, 6.07) is 10.1. The molecule has 1 heterocycles. The zero-order chi connectivity index (χ0) is 15.3. The lowest BCUT2D eigenvalue weighted by Crippen LogP contribution is -2.47. The Labute approximate surface area is 128 Å². The van der Waals surface area contributed by atoms with E-state index in [0.717, 1.165) is 19.5 Å². The van der Waals surface area contributed by atoms with Gasteiger partial charge in [0.15, 0.2) is 0 Å². The number of hydrogen-bond donors (Lipinski definition) is 0. The number of nitrogens with zero attached hydrogens (tertiary/aromatic N) is 1. The molecular formula is C18H27NO2. The molecule has 2 rings (SSSR count). The number of rotatable bonds is 4. The van der Waals surface area contributed by atoms with Gasteiger partial charge in [0.25, 0.3) is 0 Å². The zero-order valence-corrected chi connectivity index (χ0v) is 13.5. The molecule has 0 saturated carbocycles. The van der Waals surface area contributed by atoms with Gasteiger partial charge in [-0.25, -0.2) is 0 Å². The summed E-state index contributed by atoms with van der Waals surface area (Å²) >= 11 is 0. The van der Waals surface area contributed by atoms with Crippen LogP contribution in [0.5, 0.6) is 0 Å². The number of ether oxygens (including phenoxy) is 1. The first-order chi connectivity index (χ1) is 9.96. The van der Waals surface area contributed by atoms with Crippen LogP contribution in [-0.4, -0.2) is 35.6 Å². The van der Waals surface area contributed by atoms with Gasteiger partial charge in [0.1, 0.15) is 11.6 Å². The molecule has 1 aliphatic rings. The number of carbonyl (C=O) groups is 1. The van der Waals surface area contributed by atoms with Crippen molar-refractivity contribution in [3.8, 4) is 0 Å². The quantitative estimate of drug-likeness (QED) is 0.795. The molecule has 1 aromatic carbocycles. The molecule has 1 saturated heterocycles. The van der Waals surface area contributed by atoms with Gasteiger partial charge in [-0.05, 0) is 58.7 Å². The zero-order valence-electron chi connectivity index (χ0n) is 13.5. The van der Waals surface area contributed by atoms with E-state index in [4.69, 9.17) is 4.74 Å². The summed E-state index contributed by atoms with van der Waals surface area (Å²) in [6.07, 6.45) is 4.35. The fraction of sp³-hybridized carbons (Fsp3) is 0.611. The van der Waals surface area contributed by atoms with Gasteiger partial charge >= 0.3 is 5.97 Å². The largest absolute Gasteiger partial charge is 0.459 e. The Hall–Kier alpha value is -1.35. The highest BCUT2D eigenvalue weighted by Crippen LogP contribution is 2.19. The average Bonchev–Trinajstić information content (AvgIpc) is 2.45. The monoisotopic (exact) mass is 289 g/mol. The molecule has 1 aromatic rings. The van der Waals surface area contributed by atoms with Gasteiger partial charge in [-0.3, -0.25) is 9.69 Å². The summed E-state index contributed by atoms with van der Waals surface area (Å²) in [5, 5.41) is 0. The Balaban J connectivity index is 2.11. The molecule has 21 heavy (non-hydrogen) atoms. The SMILES string of the molecule is CC(C)(C)OC(=O)[C@H](Cc1ccccc1)N1CCCCC1. The van der Waals surface area contributed by atoms with E-state index in [2.05, 4.69) is 17.0 Å². The number of benzene rings is 1. The molecule has 0 spiro atoms. The average molecular weight is 289 g/mol. The van der Waals surface area contributed by atoms with Crippen LogP contribution in [0.1, 0.15) is 45.6 Å². The van der Waals surface area contributed by atoms with Crippen LogP contribution in [0.4, 0.5) is 0 Å². The van der Waals surface area contributed by atoms with E-state index in [1.54, 1.807) is 0 Å². The second kappa shape index (κ2) is 7.08. The van der Waals surface area contributed by atoms with Crippen molar-refractivity contribution in [3.63, 3.8) is 0 Å². The number of esters is 1. The molecule has 0 aliphatic carbocycles. The number of carbonyl (C=O) groups excluding carboxylic acids is 1. The molecule has 0 aromatic heterocycles. The maximum absolute atomic E-state index is 12.6. The third-order valence-corrected chi connectivity index (χ3v) is 3.78. The summed E-state index contributed by atoms with van der Waals surface area (Å²) in [4.78, 5) is 14.9. The van der Waals surface area contributed by atoms with E-state index in [1.165, 1.54) is 24.8 Å². The van der Waals surface area contributed by atoms with E-state index < -0.39 is 5.60 Å². The lowest BCUT2D eigenvalue weighted by molar-refractivity contribution is -0.161. The molecule has 0 bridgehead atoms. The number of likely N-dealkylation sites (tertiary alicyclic amines) is 1. The molecular weight excluding hydrogens is 262 g/mol. The van der Waals surface area contributed by atoms with Crippen LogP contribution < -0.4 is 0 Å². The third-order valence-electron chi connectivity index (χ3n) is 3.78. The predicted molar refractivity (Wildman–Crippen MR) is 85.2 cm³/mol. The van der Waals surface area contributed by atoms with Crippen molar-refractivity contribution in [2.45, 2.75) is 58.1 Å². The lowest BCUT2D eigenvalue weighted by Gasteiger charge is -2.34. The number of hydrogen-bond acceptors (Lipinski definition) is 3. The van der Waals surface area contributed by atoms with Crippen LogP contribution in [-0.2, 0) is 16.0 Å². The maximum atomic E-state index is 12.6. The van der Waals surface area contributed by atoms with Gasteiger partial charge in [0.05, 0.1) is 0 Å². The van der Waals surface area contributed by atoms with Crippen molar-refractivity contribution >= 4 is 5.97 Å². The van der Waals surface area contributed by atoms with E-state index in [-0.39, 0.29) is 12.0 Å². The molecule has 1 fully saturated rings. The van der Waals surface area contributed by atoms with Crippen molar-refractivity contribution in [2.24, 2.45) is 0 Å². The minimum atomic E-state index is -0.429. The van der Waals surface area contributed by atoms with Crippen molar-refractivity contribution in [1.82, 2.24) is 4.90 Å². The Morgan fingerprint density at radius 1 is 1.14 bits per heavy atom. The van der Waals surface area contributed by atoms with E-state index in [0.29, 0.717) is 0 Å².